The van der Waals surface area contributed by atoms with Gasteiger partial charge in [-0.2, -0.15) is 13.2 Å². The summed E-state index contributed by atoms with van der Waals surface area (Å²) in [5.74, 6) is 0. The first kappa shape index (κ1) is 18.1. The predicted octanol–water partition coefficient (Wildman–Crippen LogP) is 4.50. The van der Waals surface area contributed by atoms with E-state index in [1.165, 1.54) is 6.20 Å². The zero-order chi connectivity index (χ0) is 14.1. The molecule has 0 bridgehead atoms. The van der Waals surface area contributed by atoms with Crippen molar-refractivity contribution in [2.45, 2.75) is 40.8 Å². The van der Waals surface area contributed by atoms with Crippen molar-refractivity contribution in [2.75, 3.05) is 12.4 Å². The Morgan fingerprint density at radius 3 is 1.88 bits per heavy atom. The normalized spacial score (nSPS) is 9.47. The number of pyridine rings is 1. The van der Waals surface area contributed by atoms with Crippen LogP contribution in [0.3, 0.4) is 0 Å². The number of nitrogens with zero attached hydrogens (tertiary/aromatic N) is 1. The Balaban J connectivity index is 0. The lowest BCUT2D eigenvalue weighted by atomic mass is 10.2. The summed E-state index contributed by atoms with van der Waals surface area (Å²) in [5, 5.41) is 2.74. The van der Waals surface area contributed by atoms with E-state index < -0.39 is 11.9 Å². The van der Waals surface area contributed by atoms with Crippen LogP contribution in [0.25, 0.3) is 0 Å². The highest BCUT2D eigenvalue weighted by Gasteiger charge is 2.32. The van der Waals surface area contributed by atoms with Gasteiger partial charge in [-0.1, -0.05) is 27.7 Å². The predicted molar refractivity (Wildman–Crippen MR) is 66.2 cm³/mol. The highest BCUT2D eigenvalue weighted by atomic mass is 19.4. The van der Waals surface area contributed by atoms with Crippen molar-refractivity contribution in [1.82, 2.24) is 4.98 Å². The summed E-state index contributed by atoms with van der Waals surface area (Å²) in [7, 11) is 1.64. The van der Waals surface area contributed by atoms with Crippen molar-refractivity contribution in [1.29, 1.82) is 0 Å². The van der Waals surface area contributed by atoms with Crippen LogP contribution in [0.4, 0.5) is 18.9 Å². The number of alkyl halides is 3. The maximum atomic E-state index is 12.1. The van der Waals surface area contributed by atoms with Gasteiger partial charge in [0, 0.05) is 7.05 Å². The van der Waals surface area contributed by atoms with Gasteiger partial charge in [0.2, 0.25) is 0 Å². The monoisotopic (exact) mass is 250 g/mol. The van der Waals surface area contributed by atoms with Crippen LogP contribution in [-0.4, -0.2) is 12.0 Å². The van der Waals surface area contributed by atoms with E-state index in [0.717, 1.165) is 6.07 Å². The number of halogens is 3. The number of anilines is 1. The molecule has 17 heavy (non-hydrogen) atoms. The molecule has 1 aromatic heterocycles. The lowest BCUT2D eigenvalue weighted by Gasteiger charge is -2.09. The standard InChI is InChI=1S/C8H9F3N2.2C2H6/c1-5-3-7(8(9,10)11)13-4-6(5)12-2;2*1-2/h3-4,12H,1-2H3;2*1-2H3. The van der Waals surface area contributed by atoms with Gasteiger partial charge in [0.1, 0.15) is 5.69 Å². The lowest BCUT2D eigenvalue weighted by Crippen LogP contribution is -2.08. The third-order valence-electron chi connectivity index (χ3n) is 1.67. The summed E-state index contributed by atoms with van der Waals surface area (Å²) in [6.45, 7) is 9.60. The Bertz CT molecular complexity index is 309. The molecular formula is C12H21F3N2. The quantitative estimate of drug-likeness (QED) is 0.793. The average molecular weight is 250 g/mol. The number of aromatic nitrogens is 1. The molecular weight excluding hydrogens is 229 g/mol. The molecule has 0 unspecified atom stereocenters. The molecule has 2 nitrogen and oxygen atoms in total. The summed E-state index contributed by atoms with van der Waals surface area (Å²) in [4.78, 5) is 3.29. The maximum absolute atomic E-state index is 12.1. The average Bonchev–Trinajstić information content (AvgIpc) is 2.33. The molecule has 0 aromatic carbocycles. The first-order chi connectivity index (χ1) is 7.95. The number of nitrogens with one attached hydrogen (secondary N) is 1. The minimum absolute atomic E-state index is 0.532. The summed E-state index contributed by atoms with van der Waals surface area (Å²) in [5.41, 5.74) is 0.279. The van der Waals surface area contributed by atoms with Crippen molar-refractivity contribution < 1.29 is 13.2 Å². The minimum Gasteiger partial charge on any atom is -0.387 e. The molecule has 0 aliphatic heterocycles. The van der Waals surface area contributed by atoms with Crippen LogP contribution < -0.4 is 5.32 Å². The molecule has 0 saturated carbocycles. The van der Waals surface area contributed by atoms with Gasteiger partial charge in [-0.05, 0) is 18.6 Å². The van der Waals surface area contributed by atoms with Gasteiger partial charge >= 0.3 is 6.18 Å². The molecule has 5 heteroatoms. The first-order valence-corrected chi connectivity index (χ1v) is 5.66. The third-order valence-corrected chi connectivity index (χ3v) is 1.67. The van der Waals surface area contributed by atoms with E-state index in [1.807, 2.05) is 27.7 Å². The van der Waals surface area contributed by atoms with Gasteiger partial charge in [-0.25, -0.2) is 4.98 Å². The maximum Gasteiger partial charge on any atom is 0.433 e. The van der Waals surface area contributed by atoms with Crippen molar-refractivity contribution in [3.63, 3.8) is 0 Å². The van der Waals surface area contributed by atoms with Crippen molar-refractivity contribution in [2.24, 2.45) is 0 Å². The van der Waals surface area contributed by atoms with Gasteiger partial charge in [-0.15, -0.1) is 0 Å². The molecule has 0 spiro atoms. The Hall–Kier alpha value is -1.26. The van der Waals surface area contributed by atoms with Crippen molar-refractivity contribution in [3.8, 4) is 0 Å². The molecule has 1 N–H and O–H groups in total. The van der Waals surface area contributed by atoms with Crippen LogP contribution in [0, 0.1) is 6.92 Å². The van der Waals surface area contributed by atoms with E-state index in [4.69, 9.17) is 0 Å². The number of hydrogen-bond acceptors (Lipinski definition) is 2. The Morgan fingerprint density at radius 2 is 1.59 bits per heavy atom. The van der Waals surface area contributed by atoms with Crippen molar-refractivity contribution >= 4 is 5.69 Å². The molecule has 1 rings (SSSR count). The minimum atomic E-state index is -4.36. The van der Waals surface area contributed by atoms with Gasteiger partial charge in [-0.3, -0.25) is 0 Å². The molecule has 1 aromatic rings. The molecule has 0 aliphatic rings. The third kappa shape index (κ3) is 6.14. The largest absolute Gasteiger partial charge is 0.433 e. The van der Waals surface area contributed by atoms with Gasteiger partial charge in [0.05, 0.1) is 11.9 Å². The zero-order valence-electron chi connectivity index (χ0n) is 11.2. The van der Waals surface area contributed by atoms with Crippen LogP contribution in [0.1, 0.15) is 39.0 Å². The van der Waals surface area contributed by atoms with Gasteiger partial charge in [0.25, 0.3) is 0 Å². The zero-order valence-corrected chi connectivity index (χ0v) is 11.2. The van der Waals surface area contributed by atoms with Crippen LogP contribution in [0.5, 0.6) is 0 Å². The van der Waals surface area contributed by atoms with Gasteiger partial charge < -0.3 is 5.32 Å². The van der Waals surface area contributed by atoms with Crippen LogP contribution in [0.2, 0.25) is 0 Å². The Morgan fingerprint density at radius 1 is 1.12 bits per heavy atom. The second kappa shape index (κ2) is 8.84. The fourth-order valence-corrected chi connectivity index (χ4v) is 0.973. The second-order valence-electron chi connectivity index (χ2n) is 2.63. The van der Waals surface area contributed by atoms with Gasteiger partial charge in [0.15, 0.2) is 0 Å². The Labute approximate surface area is 101 Å². The topological polar surface area (TPSA) is 24.9 Å². The van der Waals surface area contributed by atoms with E-state index in [2.05, 4.69) is 10.3 Å². The molecule has 1 heterocycles. The molecule has 0 atom stereocenters. The number of aryl methyl sites for hydroxylation is 1. The molecule has 0 amide bonds. The molecule has 0 aliphatic carbocycles. The van der Waals surface area contributed by atoms with E-state index in [0.29, 0.717) is 11.3 Å². The van der Waals surface area contributed by atoms with E-state index in [1.54, 1.807) is 14.0 Å². The van der Waals surface area contributed by atoms with Crippen LogP contribution in [0.15, 0.2) is 12.3 Å². The highest BCUT2D eigenvalue weighted by molar-refractivity contribution is 5.48. The molecule has 0 saturated heterocycles. The fourth-order valence-electron chi connectivity index (χ4n) is 0.973. The molecule has 100 valence electrons. The SMILES string of the molecule is CC.CC.CNc1cnc(C(F)(F)F)cc1C. The summed E-state index contributed by atoms with van der Waals surface area (Å²) in [6.07, 6.45) is -3.19. The number of hydrogen-bond donors (Lipinski definition) is 1. The first-order valence-electron chi connectivity index (χ1n) is 5.66. The lowest BCUT2D eigenvalue weighted by molar-refractivity contribution is -0.141. The highest BCUT2D eigenvalue weighted by Crippen LogP contribution is 2.29. The fraction of sp³-hybridized carbons (Fsp3) is 0.583. The second-order valence-corrected chi connectivity index (χ2v) is 2.63. The molecule has 0 radical (unpaired) electrons. The van der Waals surface area contributed by atoms with E-state index in [9.17, 15) is 13.2 Å². The van der Waals surface area contributed by atoms with Crippen LogP contribution >= 0.6 is 0 Å². The van der Waals surface area contributed by atoms with Crippen LogP contribution in [-0.2, 0) is 6.18 Å². The molecule has 0 fully saturated rings. The van der Waals surface area contributed by atoms with Crippen molar-refractivity contribution in [3.05, 3.63) is 23.5 Å². The van der Waals surface area contributed by atoms with E-state index >= 15 is 0 Å². The summed E-state index contributed by atoms with van der Waals surface area (Å²) < 4.78 is 36.4. The number of rotatable bonds is 1. The smallest absolute Gasteiger partial charge is 0.387 e. The summed E-state index contributed by atoms with van der Waals surface area (Å²) >= 11 is 0. The Kier molecular flexibility index (Phi) is 9.42. The summed E-state index contributed by atoms with van der Waals surface area (Å²) in [6, 6.07) is 1.02. The van der Waals surface area contributed by atoms with E-state index in [-0.39, 0.29) is 0 Å².